The van der Waals surface area contributed by atoms with E-state index in [4.69, 9.17) is 4.74 Å². The Morgan fingerprint density at radius 2 is 1.81 bits per heavy atom. The van der Waals surface area contributed by atoms with Crippen LogP contribution in [0.4, 0.5) is 5.69 Å². The monoisotopic (exact) mass is 436 g/mol. The summed E-state index contributed by atoms with van der Waals surface area (Å²) in [6.07, 6.45) is 10.0. The molecule has 2 aliphatic rings. The van der Waals surface area contributed by atoms with Gasteiger partial charge in [0.1, 0.15) is 5.75 Å². The zero-order valence-electron chi connectivity index (χ0n) is 19.0. The molecule has 0 spiro atoms. The maximum absolute atomic E-state index is 13.3. The van der Waals surface area contributed by atoms with Crippen molar-refractivity contribution in [2.24, 2.45) is 5.92 Å². The Morgan fingerprint density at radius 3 is 2.56 bits per heavy atom. The first kappa shape index (κ1) is 22.2. The topological polar surface area (TPSA) is 84.4 Å². The van der Waals surface area contributed by atoms with Gasteiger partial charge in [-0.15, -0.1) is 0 Å². The summed E-state index contributed by atoms with van der Waals surface area (Å²) >= 11 is 0. The number of methoxy groups -OCH3 is 1. The minimum absolute atomic E-state index is 0.108. The molecular weight excluding hydrogens is 404 g/mol. The molecule has 2 heterocycles. The van der Waals surface area contributed by atoms with Crippen LogP contribution in [0.1, 0.15) is 79.3 Å². The SMILES string of the molecule is COc1ccccc1NC(=O)c1cnc(C2CCCCN2C(=O)C2CCCCC2)nc1C. The van der Waals surface area contributed by atoms with Crippen LogP contribution in [0, 0.1) is 12.8 Å². The van der Waals surface area contributed by atoms with E-state index in [-0.39, 0.29) is 23.8 Å². The highest BCUT2D eigenvalue weighted by molar-refractivity contribution is 6.05. The summed E-state index contributed by atoms with van der Waals surface area (Å²) in [5.41, 5.74) is 1.62. The summed E-state index contributed by atoms with van der Waals surface area (Å²) in [4.78, 5) is 37.3. The van der Waals surface area contributed by atoms with E-state index in [1.807, 2.05) is 24.0 Å². The molecule has 2 fully saturated rings. The number of hydrogen-bond acceptors (Lipinski definition) is 5. The molecule has 2 aromatic rings. The zero-order chi connectivity index (χ0) is 22.5. The maximum Gasteiger partial charge on any atom is 0.259 e. The van der Waals surface area contributed by atoms with E-state index in [2.05, 4.69) is 15.3 Å². The average molecular weight is 437 g/mol. The van der Waals surface area contributed by atoms with Crippen LogP contribution in [0.5, 0.6) is 5.75 Å². The number of carbonyl (C=O) groups is 2. The molecule has 1 saturated carbocycles. The van der Waals surface area contributed by atoms with Gasteiger partial charge >= 0.3 is 0 Å². The van der Waals surface area contributed by atoms with Crippen LogP contribution in [-0.2, 0) is 4.79 Å². The van der Waals surface area contributed by atoms with Crippen LogP contribution in [0.2, 0.25) is 0 Å². The van der Waals surface area contributed by atoms with Crippen molar-refractivity contribution in [2.45, 2.75) is 64.3 Å². The standard InChI is InChI=1S/C25H32N4O3/c1-17-19(24(30)28-20-12-6-7-14-22(20)32-2)16-26-23(27-17)21-13-8-9-15-29(21)25(31)18-10-4-3-5-11-18/h6-7,12,14,16,18,21H,3-5,8-11,13,15H2,1-2H3,(H,28,30). The molecule has 1 saturated heterocycles. The Bertz CT molecular complexity index is 971. The second-order valence-electron chi connectivity index (χ2n) is 8.76. The highest BCUT2D eigenvalue weighted by atomic mass is 16.5. The van der Waals surface area contributed by atoms with E-state index in [0.717, 1.165) is 51.5 Å². The molecule has 1 aliphatic heterocycles. The van der Waals surface area contributed by atoms with Crippen LogP contribution in [0.25, 0.3) is 0 Å². The van der Waals surface area contributed by atoms with Crippen molar-refractivity contribution in [1.29, 1.82) is 0 Å². The Kier molecular flexibility index (Phi) is 7.02. The van der Waals surface area contributed by atoms with Gasteiger partial charge in [-0.05, 0) is 51.2 Å². The molecular formula is C25H32N4O3. The van der Waals surface area contributed by atoms with Gasteiger partial charge in [-0.3, -0.25) is 9.59 Å². The number of ether oxygens (including phenoxy) is 1. The minimum Gasteiger partial charge on any atom is -0.495 e. The number of aromatic nitrogens is 2. The van der Waals surface area contributed by atoms with Crippen LogP contribution < -0.4 is 10.1 Å². The lowest BCUT2D eigenvalue weighted by molar-refractivity contribution is -0.140. The van der Waals surface area contributed by atoms with Gasteiger partial charge in [0.05, 0.1) is 30.1 Å². The van der Waals surface area contributed by atoms with Crippen LogP contribution >= 0.6 is 0 Å². The molecule has 0 radical (unpaired) electrons. The number of carbonyl (C=O) groups excluding carboxylic acids is 2. The highest BCUT2D eigenvalue weighted by Gasteiger charge is 2.34. The lowest BCUT2D eigenvalue weighted by atomic mass is 9.87. The second kappa shape index (κ2) is 10.1. The number of rotatable bonds is 5. The first-order chi connectivity index (χ1) is 15.6. The number of nitrogens with zero attached hydrogens (tertiary/aromatic N) is 3. The molecule has 1 aromatic heterocycles. The third-order valence-electron chi connectivity index (χ3n) is 6.64. The smallest absolute Gasteiger partial charge is 0.259 e. The molecule has 7 nitrogen and oxygen atoms in total. The number of piperidine rings is 1. The molecule has 1 unspecified atom stereocenters. The van der Waals surface area contributed by atoms with E-state index in [0.29, 0.717) is 28.5 Å². The van der Waals surface area contributed by atoms with Crippen molar-refractivity contribution in [2.75, 3.05) is 19.0 Å². The quantitative estimate of drug-likeness (QED) is 0.736. The molecule has 2 amide bonds. The fraction of sp³-hybridized carbons (Fsp3) is 0.520. The zero-order valence-corrected chi connectivity index (χ0v) is 19.0. The van der Waals surface area contributed by atoms with Crippen LogP contribution in [0.15, 0.2) is 30.5 Å². The molecule has 32 heavy (non-hydrogen) atoms. The molecule has 1 N–H and O–H groups in total. The molecule has 1 aromatic carbocycles. The summed E-state index contributed by atoms with van der Waals surface area (Å²) in [5, 5.41) is 2.88. The number of anilines is 1. The Labute approximate surface area is 189 Å². The van der Waals surface area contributed by atoms with Gasteiger partial charge < -0.3 is 15.0 Å². The van der Waals surface area contributed by atoms with E-state index in [9.17, 15) is 9.59 Å². The van der Waals surface area contributed by atoms with Gasteiger partial charge in [0.25, 0.3) is 5.91 Å². The number of amides is 2. The molecule has 1 atom stereocenters. The minimum atomic E-state index is -0.280. The summed E-state index contributed by atoms with van der Waals surface area (Å²) in [5.74, 6) is 1.35. The largest absolute Gasteiger partial charge is 0.495 e. The number of nitrogens with one attached hydrogen (secondary N) is 1. The highest BCUT2D eigenvalue weighted by Crippen LogP contribution is 2.34. The van der Waals surface area contributed by atoms with Crippen LogP contribution in [0.3, 0.4) is 0 Å². The fourth-order valence-corrected chi connectivity index (χ4v) is 4.85. The van der Waals surface area contributed by atoms with Gasteiger partial charge in [0.15, 0.2) is 5.82 Å². The maximum atomic E-state index is 13.3. The van der Waals surface area contributed by atoms with Gasteiger partial charge in [0, 0.05) is 18.7 Å². The van der Waals surface area contributed by atoms with Crippen LogP contribution in [-0.4, -0.2) is 40.3 Å². The second-order valence-corrected chi connectivity index (χ2v) is 8.76. The first-order valence-electron chi connectivity index (χ1n) is 11.7. The van der Waals surface area contributed by atoms with Gasteiger partial charge in [-0.2, -0.15) is 0 Å². The molecule has 7 heteroatoms. The molecule has 170 valence electrons. The van der Waals surface area contributed by atoms with Crippen molar-refractivity contribution in [3.05, 3.63) is 47.5 Å². The number of benzene rings is 1. The lowest BCUT2D eigenvalue weighted by Gasteiger charge is -2.38. The summed E-state index contributed by atoms with van der Waals surface area (Å²) in [6.45, 7) is 2.58. The molecule has 4 rings (SSSR count). The normalized spacial score (nSPS) is 19.4. The fourth-order valence-electron chi connectivity index (χ4n) is 4.85. The van der Waals surface area contributed by atoms with Crippen molar-refractivity contribution in [3.63, 3.8) is 0 Å². The van der Waals surface area contributed by atoms with Gasteiger partial charge in [0.2, 0.25) is 5.91 Å². The van der Waals surface area contributed by atoms with E-state index in [1.165, 1.54) is 6.42 Å². The molecule has 0 bridgehead atoms. The van der Waals surface area contributed by atoms with Gasteiger partial charge in [-0.1, -0.05) is 31.4 Å². The number of hydrogen-bond donors (Lipinski definition) is 1. The average Bonchev–Trinajstić information content (AvgIpc) is 2.84. The number of likely N-dealkylation sites (tertiary alicyclic amines) is 1. The van der Waals surface area contributed by atoms with Crippen molar-refractivity contribution < 1.29 is 14.3 Å². The Morgan fingerprint density at radius 1 is 1.06 bits per heavy atom. The first-order valence-corrected chi connectivity index (χ1v) is 11.7. The summed E-state index contributed by atoms with van der Waals surface area (Å²) in [6, 6.07) is 7.16. The lowest BCUT2D eigenvalue weighted by Crippen LogP contribution is -2.43. The van der Waals surface area contributed by atoms with Crippen molar-refractivity contribution in [1.82, 2.24) is 14.9 Å². The van der Waals surface area contributed by atoms with E-state index >= 15 is 0 Å². The van der Waals surface area contributed by atoms with E-state index < -0.39 is 0 Å². The van der Waals surface area contributed by atoms with Gasteiger partial charge in [-0.25, -0.2) is 9.97 Å². The predicted octanol–water partition coefficient (Wildman–Crippen LogP) is 4.68. The number of aryl methyl sites for hydroxylation is 1. The molecule has 1 aliphatic carbocycles. The Hall–Kier alpha value is -2.96. The predicted molar refractivity (Wildman–Crippen MR) is 123 cm³/mol. The van der Waals surface area contributed by atoms with Crippen molar-refractivity contribution >= 4 is 17.5 Å². The Balaban J connectivity index is 1.52. The summed E-state index contributed by atoms with van der Waals surface area (Å²) < 4.78 is 5.31. The summed E-state index contributed by atoms with van der Waals surface area (Å²) in [7, 11) is 1.57. The number of para-hydroxylation sites is 2. The third kappa shape index (κ3) is 4.76. The third-order valence-corrected chi connectivity index (χ3v) is 6.64. The van der Waals surface area contributed by atoms with E-state index in [1.54, 1.807) is 25.4 Å². The van der Waals surface area contributed by atoms with Crippen molar-refractivity contribution in [3.8, 4) is 5.75 Å².